The molecule has 1 rings (SSSR count). The van der Waals surface area contributed by atoms with E-state index in [0.29, 0.717) is 5.56 Å². The number of carbonyl (C=O) groups excluding carboxylic acids is 1. The van der Waals surface area contributed by atoms with E-state index >= 15 is 0 Å². The number of hydrogen-bond acceptors (Lipinski definition) is 1. The zero-order valence-corrected chi connectivity index (χ0v) is 10.2. The first-order valence-corrected chi connectivity index (χ1v) is 2.36. The minimum atomic E-state index is 0. The van der Waals surface area contributed by atoms with Crippen molar-refractivity contribution in [1.29, 1.82) is 0 Å². The second-order valence-corrected chi connectivity index (χ2v) is 1.47. The molecule has 0 N–H and O–H groups in total. The van der Waals surface area contributed by atoms with Gasteiger partial charge >= 0.3 is 58.2 Å². The Kier molecular flexibility index (Phi) is 5.90. The van der Waals surface area contributed by atoms with Crippen molar-refractivity contribution >= 4 is 6.29 Å². The van der Waals surface area contributed by atoms with Crippen LogP contribution in [0.1, 0.15) is 5.56 Å². The quantitative estimate of drug-likeness (QED) is 0.475. The summed E-state index contributed by atoms with van der Waals surface area (Å²) in [7, 11) is 0. The molecule has 0 saturated heterocycles. The molecule has 0 aliphatic carbocycles. The maximum Gasteiger partial charge on any atom is 1.00 e. The molecule has 0 fully saturated rings. The van der Waals surface area contributed by atoms with Gasteiger partial charge in [-0.1, -0.05) is 6.07 Å². The zero-order chi connectivity index (χ0) is 5.82. The van der Waals surface area contributed by atoms with Crippen LogP contribution in [0.4, 0.5) is 0 Å². The average Bonchev–Trinajstić information content (AvgIpc) is 1.90. The molecule has 0 aromatic heterocycles. The summed E-state index contributed by atoms with van der Waals surface area (Å²) in [5.74, 6) is 0. The third-order valence-electron chi connectivity index (χ3n) is 0.892. The molecule has 9 heavy (non-hydrogen) atoms. The molecule has 0 bridgehead atoms. The molecule has 0 unspecified atom stereocenters. The largest absolute Gasteiger partial charge is 1.00 e. The molecule has 0 saturated carbocycles. The third-order valence-corrected chi connectivity index (χ3v) is 0.892. The first-order chi connectivity index (χ1) is 3.93. The minimum Gasteiger partial charge on any atom is -0.376 e. The number of hydrogen-bond donors (Lipinski definition) is 0. The minimum absolute atomic E-state index is 0. The molecule has 2 heteroatoms. The molecule has 0 atom stereocenters. The monoisotopic (exact) mass is 190 g/mol. The van der Waals surface area contributed by atoms with Gasteiger partial charge in [0.15, 0.2) is 0 Å². The van der Waals surface area contributed by atoms with E-state index in [-0.39, 0.29) is 58.2 Å². The second kappa shape index (κ2) is 5.48. The van der Waals surface area contributed by atoms with Crippen LogP contribution < -0.4 is 58.2 Å². The molecule has 1 nitrogen and oxygen atoms in total. The van der Waals surface area contributed by atoms with E-state index in [1.165, 1.54) is 0 Å². The van der Waals surface area contributed by atoms with Gasteiger partial charge in [-0.05, 0) is 0 Å². The molecule has 0 aliphatic rings. The summed E-state index contributed by atoms with van der Waals surface area (Å²) in [6.07, 6.45) is 1.78. The van der Waals surface area contributed by atoms with E-state index in [0.717, 1.165) is 0 Å². The molecular weight excluding hydrogens is 186 g/mol. The summed E-state index contributed by atoms with van der Waals surface area (Å²) in [5, 5.41) is 0. The Balaban J connectivity index is 0.000000640. The normalized spacial score (nSPS) is 7.56. The third kappa shape index (κ3) is 3.41. The fraction of sp³-hybridized carbons (Fsp3) is 0. The average molecular weight is 191 g/mol. The summed E-state index contributed by atoms with van der Waals surface area (Å²) in [6.45, 7) is 0. The SMILES string of the molecule is O=[C-]c1ccccc1.[Rb+]. The van der Waals surface area contributed by atoms with Gasteiger partial charge in [-0.25, -0.2) is 0 Å². The van der Waals surface area contributed by atoms with Crippen molar-refractivity contribution in [1.82, 2.24) is 0 Å². The van der Waals surface area contributed by atoms with Gasteiger partial charge in [-0.2, -0.15) is 17.7 Å². The predicted molar refractivity (Wildman–Crippen MR) is 31.2 cm³/mol. The van der Waals surface area contributed by atoms with Crippen LogP contribution in [0.3, 0.4) is 0 Å². The van der Waals surface area contributed by atoms with Crippen LogP contribution in [0.15, 0.2) is 30.3 Å². The van der Waals surface area contributed by atoms with Gasteiger partial charge in [-0.3, -0.25) is 0 Å². The van der Waals surface area contributed by atoms with Crippen molar-refractivity contribution in [3.8, 4) is 0 Å². The summed E-state index contributed by atoms with van der Waals surface area (Å²) < 4.78 is 0. The van der Waals surface area contributed by atoms with Crippen molar-refractivity contribution < 1.29 is 63.0 Å². The van der Waals surface area contributed by atoms with Gasteiger partial charge in [0.25, 0.3) is 0 Å². The summed E-state index contributed by atoms with van der Waals surface area (Å²) in [6, 6.07) is 8.90. The zero-order valence-electron chi connectivity index (χ0n) is 5.29. The van der Waals surface area contributed by atoms with Gasteiger partial charge in [0, 0.05) is 0 Å². The Morgan fingerprint density at radius 1 is 1.11 bits per heavy atom. The Morgan fingerprint density at radius 2 is 1.67 bits per heavy atom. The van der Waals surface area contributed by atoms with Gasteiger partial charge in [0.1, 0.15) is 0 Å². The fourth-order valence-electron chi connectivity index (χ4n) is 0.506. The smallest absolute Gasteiger partial charge is 0.376 e. The molecule has 0 amide bonds. The van der Waals surface area contributed by atoms with Gasteiger partial charge < -0.3 is 4.79 Å². The molecule has 1 aromatic carbocycles. The molecule has 0 aliphatic heterocycles. The van der Waals surface area contributed by atoms with Crippen LogP contribution >= 0.6 is 0 Å². The van der Waals surface area contributed by atoms with Crippen LogP contribution in [-0.2, 0) is 4.79 Å². The topological polar surface area (TPSA) is 17.1 Å². The fourth-order valence-corrected chi connectivity index (χ4v) is 0.506. The Labute approximate surface area is 103 Å². The Bertz CT molecular complexity index is 172. The van der Waals surface area contributed by atoms with E-state index in [2.05, 4.69) is 0 Å². The molecular formula is C7H5ORb. The number of rotatable bonds is 1. The van der Waals surface area contributed by atoms with E-state index in [1.54, 1.807) is 30.6 Å². The predicted octanol–water partition coefficient (Wildman–Crippen LogP) is -1.85. The Hall–Kier alpha value is 0.695. The first kappa shape index (κ1) is 9.70. The van der Waals surface area contributed by atoms with E-state index in [4.69, 9.17) is 0 Å². The van der Waals surface area contributed by atoms with Crippen LogP contribution in [0.2, 0.25) is 0 Å². The molecule has 1 aromatic rings. The standard InChI is InChI=1S/C7H5O.Rb/c8-6-7-4-2-1-3-5-7;/h1-5H;/q-1;+1. The molecule has 0 radical (unpaired) electrons. The first-order valence-electron chi connectivity index (χ1n) is 2.36. The van der Waals surface area contributed by atoms with Crippen LogP contribution in [0.5, 0.6) is 0 Å². The van der Waals surface area contributed by atoms with E-state index in [1.807, 2.05) is 6.07 Å². The van der Waals surface area contributed by atoms with Crippen LogP contribution in [-0.4, -0.2) is 6.29 Å². The molecule has 0 spiro atoms. The van der Waals surface area contributed by atoms with Crippen molar-refractivity contribution in [2.24, 2.45) is 0 Å². The van der Waals surface area contributed by atoms with Gasteiger partial charge in [0.2, 0.25) is 0 Å². The van der Waals surface area contributed by atoms with Crippen molar-refractivity contribution in [3.63, 3.8) is 0 Å². The van der Waals surface area contributed by atoms with Crippen molar-refractivity contribution in [2.75, 3.05) is 0 Å². The summed E-state index contributed by atoms with van der Waals surface area (Å²) in [4.78, 5) is 9.88. The summed E-state index contributed by atoms with van der Waals surface area (Å²) >= 11 is 0. The number of benzene rings is 1. The Morgan fingerprint density at radius 3 is 2.00 bits per heavy atom. The van der Waals surface area contributed by atoms with Crippen molar-refractivity contribution in [2.45, 2.75) is 0 Å². The molecule has 40 valence electrons. The molecule has 0 heterocycles. The maximum atomic E-state index is 9.88. The van der Waals surface area contributed by atoms with Crippen LogP contribution in [0, 0.1) is 0 Å². The van der Waals surface area contributed by atoms with Gasteiger partial charge in [-0.15, -0.1) is 12.1 Å². The second-order valence-electron chi connectivity index (χ2n) is 1.47. The maximum absolute atomic E-state index is 9.88. The van der Waals surface area contributed by atoms with Crippen molar-refractivity contribution in [3.05, 3.63) is 35.9 Å². The summed E-state index contributed by atoms with van der Waals surface area (Å²) in [5.41, 5.74) is 0.604. The van der Waals surface area contributed by atoms with Gasteiger partial charge in [0.05, 0.1) is 6.29 Å². The van der Waals surface area contributed by atoms with E-state index in [9.17, 15) is 4.79 Å². The van der Waals surface area contributed by atoms with Crippen LogP contribution in [0.25, 0.3) is 0 Å². The van der Waals surface area contributed by atoms with E-state index < -0.39 is 0 Å².